The van der Waals surface area contributed by atoms with Gasteiger partial charge in [-0.2, -0.15) is 0 Å². The second-order valence-corrected chi connectivity index (χ2v) is 7.26. The fourth-order valence-corrected chi connectivity index (χ4v) is 3.52. The van der Waals surface area contributed by atoms with Gasteiger partial charge in [-0.05, 0) is 37.0 Å². The molecular formula is C21H21NO6. The minimum absolute atomic E-state index is 0.000666. The van der Waals surface area contributed by atoms with E-state index in [0.29, 0.717) is 18.4 Å². The van der Waals surface area contributed by atoms with Crippen LogP contribution in [0.2, 0.25) is 0 Å². The highest BCUT2D eigenvalue weighted by molar-refractivity contribution is 6.03. The second kappa shape index (κ2) is 7.34. The van der Waals surface area contributed by atoms with Gasteiger partial charge >= 0.3 is 5.97 Å². The quantitative estimate of drug-likeness (QED) is 0.587. The molecule has 2 aromatic rings. The van der Waals surface area contributed by atoms with Gasteiger partial charge in [0.05, 0.1) is 0 Å². The first-order valence-electron chi connectivity index (χ1n) is 8.94. The summed E-state index contributed by atoms with van der Waals surface area (Å²) in [7, 11) is 0. The number of aromatic hydroxyl groups is 2. The summed E-state index contributed by atoms with van der Waals surface area (Å²) in [6.07, 6.45) is 1.66. The van der Waals surface area contributed by atoms with Crippen LogP contribution >= 0.6 is 0 Å². The molecule has 1 atom stereocenters. The molecule has 7 nitrogen and oxygen atoms in total. The van der Waals surface area contributed by atoms with Crippen LogP contribution in [0.3, 0.4) is 0 Å². The smallest absolute Gasteiger partial charge is 0.339 e. The molecular weight excluding hydrogens is 362 g/mol. The van der Waals surface area contributed by atoms with E-state index in [4.69, 9.17) is 5.11 Å². The average Bonchev–Trinajstić information content (AvgIpc) is 2.66. The highest BCUT2D eigenvalue weighted by atomic mass is 16.4. The number of anilines is 1. The Hall–Kier alpha value is -3.35. The third-order valence-electron chi connectivity index (χ3n) is 5.31. The fraction of sp³-hybridized carbons (Fsp3) is 0.286. The number of carbonyl (C=O) groups excluding carboxylic acids is 2. The summed E-state index contributed by atoms with van der Waals surface area (Å²) in [5, 5.41) is 31.2. The Balaban J connectivity index is 1.71. The maximum absolute atomic E-state index is 12.9. The standard InChI is InChI=1S/C21H21NO6/c1-21(10-8-12-4-2-3-5-13(12)19(21)26)11-9-16(24)22-17-15(23)7-6-14(18(17)25)20(27)28/h2-7,23,25H,8-11H2,1H3,(H,22,24)(H,27,28). The minimum Gasteiger partial charge on any atom is -0.506 e. The SMILES string of the molecule is CC1(CCC(=O)Nc2c(O)ccc(C(=O)O)c2O)CCc2ccccc2C1=O. The number of phenolic OH excluding ortho intramolecular Hbond substituents is 1. The van der Waals surface area contributed by atoms with Crippen molar-refractivity contribution in [1.82, 2.24) is 0 Å². The maximum atomic E-state index is 12.9. The molecule has 146 valence electrons. The molecule has 1 aliphatic carbocycles. The van der Waals surface area contributed by atoms with Crippen LogP contribution in [-0.2, 0) is 11.2 Å². The highest BCUT2D eigenvalue weighted by Crippen LogP contribution is 2.40. The van der Waals surface area contributed by atoms with Crippen molar-refractivity contribution in [3.63, 3.8) is 0 Å². The number of carboxylic acids is 1. The average molecular weight is 383 g/mol. The summed E-state index contributed by atoms with van der Waals surface area (Å²) >= 11 is 0. The number of hydrogen-bond acceptors (Lipinski definition) is 5. The van der Waals surface area contributed by atoms with Gasteiger partial charge in [0.1, 0.15) is 17.0 Å². The highest BCUT2D eigenvalue weighted by Gasteiger charge is 2.38. The molecule has 0 fully saturated rings. The first-order valence-corrected chi connectivity index (χ1v) is 8.94. The topological polar surface area (TPSA) is 124 Å². The Bertz CT molecular complexity index is 967. The predicted octanol–water partition coefficient (Wildman–Crippen LogP) is 3.35. The minimum atomic E-state index is -1.38. The summed E-state index contributed by atoms with van der Waals surface area (Å²) in [6, 6.07) is 9.56. The Morgan fingerprint density at radius 2 is 1.86 bits per heavy atom. The van der Waals surface area contributed by atoms with Crippen molar-refractivity contribution in [2.75, 3.05) is 5.32 Å². The van der Waals surface area contributed by atoms with Gasteiger partial charge in [-0.3, -0.25) is 9.59 Å². The van der Waals surface area contributed by atoms with Crippen molar-refractivity contribution >= 4 is 23.3 Å². The Morgan fingerprint density at radius 3 is 2.57 bits per heavy atom. The van der Waals surface area contributed by atoms with E-state index in [2.05, 4.69) is 5.32 Å². The normalized spacial score (nSPS) is 18.4. The van der Waals surface area contributed by atoms with E-state index >= 15 is 0 Å². The molecule has 1 amide bonds. The van der Waals surface area contributed by atoms with Crippen LogP contribution < -0.4 is 5.32 Å². The van der Waals surface area contributed by atoms with E-state index in [1.807, 2.05) is 25.1 Å². The fourth-order valence-electron chi connectivity index (χ4n) is 3.52. The van der Waals surface area contributed by atoms with Crippen LogP contribution in [0.15, 0.2) is 36.4 Å². The molecule has 28 heavy (non-hydrogen) atoms. The largest absolute Gasteiger partial charge is 0.506 e. The lowest BCUT2D eigenvalue weighted by Crippen LogP contribution is -2.34. The summed E-state index contributed by atoms with van der Waals surface area (Å²) in [4.78, 5) is 36.3. The number of amides is 1. The van der Waals surface area contributed by atoms with E-state index in [-0.39, 0.29) is 17.9 Å². The predicted molar refractivity (Wildman–Crippen MR) is 102 cm³/mol. The van der Waals surface area contributed by atoms with E-state index in [1.54, 1.807) is 6.07 Å². The lowest BCUT2D eigenvalue weighted by Gasteiger charge is -2.33. The zero-order valence-electron chi connectivity index (χ0n) is 15.4. The van der Waals surface area contributed by atoms with Crippen LogP contribution in [0.5, 0.6) is 11.5 Å². The van der Waals surface area contributed by atoms with Crippen molar-refractivity contribution in [3.8, 4) is 11.5 Å². The lowest BCUT2D eigenvalue weighted by molar-refractivity contribution is -0.116. The molecule has 0 spiro atoms. The molecule has 3 rings (SSSR count). The van der Waals surface area contributed by atoms with Crippen molar-refractivity contribution in [1.29, 1.82) is 0 Å². The number of nitrogens with one attached hydrogen (secondary N) is 1. The van der Waals surface area contributed by atoms with Gasteiger partial charge in [0.2, 0.25) is 5.91 Å². The van der Waals surface area contributed by atoms with Gasteiger partial charge < -0.3 is 20.6 Å². The van der Waals surface area contributed by atoms with E-state index in [0.717, 1.165) is 24.1 Å². The van der Waals surface area contributed by atoms with Crippen LogP contribution in [0.1, 0.15) is 52.5 Å². The molecule has 4 N–H and O–H groups in total. The van der Waals surface area contributed by atoms with Gasteiger partial charge in [-0.15, -0.1) is 0 Å². The number of aromatic carboxylic acids is 1. The molecule has 0 aromatic heterocycles. The number of rotatable bonds is 5. The maximum Gasteiger partial charge on any atom is 0.339 e. The summed E-state index contributed by atoms with van der Waals surface area (Å²) in [5.74, 6) is -3.06. The van der Waals surface area contributed by atoms with Crippen LogP contribution in [0.25, 0.3) is 0 Å². The molecule has 0 radical (unpaired) electrons. The zero-order chi connectivity index (χ0) is 20.5. The Kier molecular flexibility index (Phi) is 5.09. The Labute approximate surface area is 161 Å². The summed E-state index contributed by atoms with van der Waals surface area (Å²) in [5.41, 5.74) is 0.226. The number of carbonyl (C=O) groups is 3. The number of fused-ring (bicyclic) bond motifs is 1. The van der Waals surface area contributed by atoms with Crippen LogP contribution in [0, 0.1) is 5.41 Å². The van der Waals surface area contributed by atoms with Gasteiger partial charge in [0.15, 0.2) is 11.5 Å². The molecule has 0 saturated heterocycles. The molecule has 0 saturated carbocycles. The zero-order valence-corrected chi connectivity index (χ0v) is 15.4. The molecule has 0 bridgehead atoms. The van der Waals surface area contributed by atoms with E-state index in [9.17, 15) is 24.6 Å². The van der Waals surface area contributed by atoms with Crippen LogP contribution in [-0.4, -0.2) is 33.0 Å². The van der Waals surface area contributed by atoms with Crippen LogP contribution in [0.4, 0.5) is 5.69 Å². The third kappa shape index (κ3) is 3.55. The van der Waals surface area contributed by atoms with Crippen molar-refractivity contribution in [2.45, 2.75) is 32.6 Å². The number of Topliss-reactive ketones (excluding diaryl/α,β-unsaturated/α-hetero) is 1. The molecule has 0 heterocycles. The lowest BCUT2D eigenvalue weighted by atomic mass is 9.69. The number of ketones is 1. The number of aryl methyl sites for hydroxylation is 1. The first kappa shape index (κ1) is 19.4. The van der Waals surface area contributed by atoms with Gasteiger partial charge in [-0.1, -0.05) is 31.2 Å². The third-order valence-corrected chi connectivity index (χ3v) is 5.31. The second-order valence-electron chi connectivity index (χ2n) is 7.26. The van der Waals surface area contributed by atoms with Crippen molar-refractivity contribution in [2.24, 2.45) is 5.41 Å². The summed E-state index contributed by atoms with van der Waals surface area (Å²) in [6.45, 7) is 1.83. The first-order chi connectivity index (χ1) is 13.2. The molecule has 2 aromatic carbocycles. The van der Waals surface area contributed by atoms with Gasteiger partial charge in [0.25, 0.3) is 0 Å². The van der Waals surface area contributed by atoms with E-state index < -0.39 is 34.4 Å². The van der Waals surface area contributed by atoms with Gasteiger partial charge in [0, 0.05) is 17.4 Å². The molecule has 1 unspecified atom stereocenters. The number of carboxylic acid groups (broad SMARTS) is 1. The molecule has 7 heteroatoms. The number of hydrogen-bond donors (Lipinski definition) is 4. The number of benzene rings is 2. The summed E-state index contributed by atoms with van der Waals surface area (Å²) < 4.78 is 0. The van der Waals surface area contributed by atoms with E-state index in [1.165, 1.54) is 0 Å². The van der Waals surface area contributed by atoms with Gasteiger partial charge in [-0.25, -0.2) is 4.79 Å². The van der Waals surface area contributed by atoms with Crippen molar-refractivity contribution < 1.29 is 29.7 Å². The molecule has 0 aliphatic heterocycles. The monoisotopic (exact) mass is 383 g/mol. The van der Waals surface area contributed by atoms with Crippen molar-refractivity contribution in [3.05, 3.63) is 53.1 Å². The number of phenols is 2. The molecule has 1 aliphatic rings. The Morgan fingerprint density at radius 1 is 1.14 bits per heavy atom.